The van der Waals surface area contributed by atoms with E-state index in [9.17, 15) is 78.0 Å². The van der Waals surface area contributed by atoms with Crippen LogP contribution in [0.2, 0.25) is 0 Å². The standard InChI is InChI=1S/4C13H13NO4.2Rh/c4*1-7(2)10(13(17)18)14-11(15)8-5-3-4-6-9(8)12(14)16;;/h4*3-7,10H,1-2H3,(H,17,18);;/q;;;;2*+2/p-4/t4*10-;;/m0000../s1. The zero-order valence-corrected chi connectivity index (χ0v) is 44.1. The summed E-state index contributed by atoms with van der Waals surface area (Å²) in [6.07, 6.45) is 0. The number of hydrogen-bond donors (Lipinski definition) is 0. The van der Waals surface area contributed by atoms with Gasteiger partial charge in [0.05, 0.1) is 92.6 Å². The number of aliphatic carboxylic acids is 4. The van der Waals surface area contributed by atoms with Gasteiger partial charge in [-0.25, -0.2) is 0 Å². The minimum absolute atomic E-state index is 0. The van der Waals surface area contributed by atoms with Gasteiger partial charge in [-0.1, -0.05) is 104 Å². The summed E-state index contributed by atoms with van der Waals surface area (Å²) in [4.78, 5) is 144. The number of hydrogen-bond acceptors (Lipinski definition) is 16. The SMILES string of the molecule is CC(C)[C@@H](C(=O)[O-])N1C(=O)c2ccccc2C1=O.CC(C)[C@@H](C(=O)[O-])N1C(=O)c2ccccc2C1=O.CC(C)[C@@H](C(=O)[O-])N1C(=O)c2ccccc2C1=O.CC(C)[C@@H](C(=O)[O-])N1C(=O)c2ccccc2C1=O.[Rh+2].[Rh+2]. The van der Waals surface area contributed by atoms with Crippen LogP contribution in [-0.2, 0) is 58.1 Å². The molecule has 0 bridgehead atoms. The van der Waals surface area contributed by atoms with Crippen LogP contribution in [0.25, 0.3) is 0 Å². The number of carboxylic acid groups (broad SMARTS) is 4. The molecule has 4 aromatic rings. The number of carbonyl (C=O) groups is 12. The molecule has 0 aromatic heterocycles. The van der Waals surface area contributed by atoms with Crippen molar-refractivity contribution in [2.24, 2.45) is 23.7 Å². The second-order valence-corrected chi connectivity index (χ2v) is 18.1. The van der Waals surface area contributed by atoms with Crippen LogP contribution >= 0.6 is 0 Å². The summed E-state index contributed by atoms with van der Waals surface area (Å²) >= 11 is 0. The Labute approximate surface area is 450 Å². The fourth-order valence-electron chi connectivity index (χ4n) is 8.54. The van der Waals surface area contributed by atoms with Gasteiger partial charge in [0, 0.05) is 0 Å². The Morgan fingerprint density at radius 3 is 0.473 bits per heavy atom. The molecule has 2 radical (unpaired) electrons. The van der Waals surface area contributed by atoms with Crippen LogP contribution in [0.4, 0.5) is 0 Å². The van der Waals surface area contributed by atoms with Crippen LogP contribution in [0.5, 0.6) is 0 Å². The summed E-state index contributed by atoms with van der Waals surface area (Å²) in [5.41, 5.74) is 1.96. The second-order valence-electron chi connectivity index (χ2n) is 18.1. The molecule has 4 aliphatic rings. The Kier molecular flexibility index (Phi) is 20.6. The molecule has 0 aliphatic carbocycles. The van der Waals surface area contributed by atoms with Gasteiger partial charge in [-0.3, -0.25) is 58.0 Å². The molecule has 0 N–H and O–H groups in total. The van der Waals surface area contributed by atoms with Crippen LogP contribution in [0.15, 0.2) is 97.1 Å². The maximum absolute atomic E-state index is 12.1. The van der Waals surface area contributed by atoms with Gasteiger partial charge in [0.1, 0.15) is 0 Å². The molecule has 22 heteroatoms. The van der Waals surface area contributed by atoms with E-state index in [4.69, 9.17) is 0 Å². The maximum Gasteiger partial charge on any atom is 2.00 e. The summed E-state index contributed by atoms with van der Waals surface area (Å²) in [5.74, 6) is -11.9. The van der Waals surface area contributed by atoms with E-state index in [0.29, 0.717) is 0 Å². The number of imide groups is 4. The summed E-state index contributed by atoms with van der Waals surface area (Å²) in [7, 11) is 0. The molecule has 74 heavy (non-hydrogen) atoms. The number of carbonyl (C=O) groups excluding carboxylic acids is 12. The number of rotatable bonds is 12. The molecule has 4 aliphatic heterocycles. The van der Waals surface area contributed by atoms with Crippen LogP contribution in [-0.4, -0.2) is 115 Å². The summed E-state index contributed by atoms with van der Waals surface area (Å²) < 4.78 is 0. The number of fused-ring (bicyclic) bond motifs is 4. The van der Waals surface area contributed by atoms with Crippen molar-refractivity contribution in [3.63, 3.8) is 0 Å². The van der Waals surface area contributed by atoms with Crippen molar-refractivity contribution in [3.8, 4) is 0 Å². The van der Waals surface area contributed by atoms with Crippen molar-refractivity contribution in [1.29, 1.82) is 0 Å². The maximum atomic E-state index is 12.1. The predicted octanol–water partition coefficient (Wildman–Crippen LogP) is 0.223. The Hall–Kier alpha value is -7.43. The monoisotopic (exact) mass is 1190 g/mol. The first-order valence-corrected chi connectivity index (χ1v) is 22.5. The van der Waals surface area contributed by atoms with Gasteiger partial charge < -0.3 is 39.6 Å². The van der Waals surface area contributed by atoms with E-state index in [-0.39, 0.29) is 83.5 Å². The molecule has 0 saturated carbocycles. The summed E-state index contributed by atoms with van der Waals surface area (Å²) in [5, 5.41) is 44.5. The minimum Gasteiger partial charge on any atom is -0.548 e. The van der Waals surface area contributed by atoms with E-state index in [2.05, 4.69) is 0 Å². The largest absolute Gasteiger partial charge is 2.00 e. The molecule has 4 aromatic carbocycles. The topological polar surface area (TPSA) is 310 Å². The molecule has 4 heterocycles. The van der Waals surface area contributed by atoms with E-state index in [1.165, 1.54) is 48.5 Å². The quantitative estimate of drug-likeness (QED) is 0.135. The molecule has 0 spiro atoms. The molecule has 20 nitrogen and oxygen atoms in total. The van der Waals surface area contributed by atoms with Gasteiger partial charge >= 0.3 is 39.0 Å². The first-order valence-electron chi connectivity index (χ1n) is 22.5. The van der Waals surface area contributed by atoms with Crippen molar-refractivity contribution in [1.82, 2.24) is 19.6 Å². The van der Waals surface area contributed by atoms with Gasteiger partial charge in [-0.05, 0) is 72.2 Å². The van der Waals surface area contributed by atoms with Gasteiger partial charge in [0.2, 0.25) is 0 Å². The van der Waals surface area contributed by atoms with Crippen molar-refractivity contribution in [2.75, 3.05) is 0 Å². The molecule has 8 amide bonds. The predicted molar refractivity (Wildman–Crippen MR) is 242 cm³/mol. The van der Waals surface area contributed by atoms with Gasteiger partial charge in [0.25, 0.3) is 47.3 Å². The first-order chi connectivity index (χ1) is 33.8. The summed E-state index contributed by atoms with van der Waals surface area (Å²) in [6, 6.07) is 20.3. The fourth-order valence-corrected chi connectivity index (χ4v) is 8.54. The third-order valence-electron chi connectivity index (χ3n) is 11.9. The molecular weight excluding hydrogens is 1140 g/mol. The Morgan fingerprint density at radius 1 is 0.284 bits per heavy atom. The Morgan fingerprint density at radius 2 is 0.392 bits per heavy atom. The number of carboxylic acids is 4. The summed E-state index contributed by atoms with van der Waals surface area (Å²) in [6.45, 7) is 13.0. The van der Waals surface area contributed by atoms with Crippen molar-refractivity contribution >= 4 is 71.1 Å². The van der Waals surface area contributed by atoms with E-state index < -0.39 is 119 Å². The molecule has 390 valence electrons. The van der Waals surface area contributed by atoms with Crippen LogP contribution in [0, 0.1) is 23.7 Å². The zero-order chi connectivity index (χ0) is 53.8. The number of benzene rings is 4. The van der Waals surface area contributed by atoms with Gasteiger partial charge in [-0.2, -0.15) is 0 Å². The van der Waals surface area contributed by atoms with Gasteiger partial charge in [-0.15, -0.1) is 0 Å². The van der Waals surface area contributed by atoms with Crippen molar-refractivity contribution < 1.29 is 117 Å². The Balaban J connectivity index is 0.000000258. The van der Waals surface area contributed by atoms with E-state index in [1.807, 2.05) is 0 Å². The molecule has 0 fully saturated rings. The van der Waals surface area contributed by atoms with Gasteiger partial charge in [0.15, 0.2) is 0 Å². The molecule has 0 saturated heterocycles. The third-order valence-corrected chi connectivity index (χ3v) is 11.9. The van der Waals surface area contributed by atoms with Crippen molar-refractivity contribution in [2.45, 2.75) is 79.6 Å². The van der Waals surface area contributed by atoms with Crippen LogP contribution < -0.4 is 20.4 Å². The molecule has 0 unspecified atom stereocenters. The van der Waals surface area contributed by atoms with Crippen LogP contribution in [0.3, 0.4) is 0 Å². The van der Waals surface area contributed by atoms with E-state index in [0.717, 1.165) is 19.6 Å². The number of amides is 8. The fraction of sp³-hybridized carbons (Fsp3) is 0.308. The van der Waals surface area contributed by atoms with E-state index >= 15 is 0 Å². The zero-order valence-electron chi connectivity index (χ0n) is 40.8. The normalized spacial score (nSPS) is 15.6. The van der Waals surface area contributed by atoms with Crippen molar-refractivity contribution in [3.05, 3.63) is 142 Å². The first kappa shape index (κ1) is 60.9. The van der Waals surface area contributed by atoms with Crippen LogP contribution in [0.1, 0.15) is 138 Å². The van der Waals surface area contributed by atoms with E-state index in [1.54, 1.807) is 104 Å². The minimum atomic E-state index is -1.42. The average Bonchev–Trinajstić information content (AvgIpc) is 3.91. The molecule has 4 atom stereocenters. The molecule has 8 rings (SSSR count). The number of nitrogens with zero attached hydrogens (tertiary/aromatic N) is 4. The molecular formula is C52H48N4O16Rh2. The second kappa shape index (κ2) is 25.0. The smallest absolute Gasteiger partial charge is 0.548 e. The Bertz CT molecular complexity index is 2410. The third kappa shape index (κ3) is 11.8. The average molecular weight is 1190 g/mol.